The Bertz CT molecular complexity index is 347. The first-order valence-corrected chi connectivity index (χ1v) is 9.17. The van der Waals surface area contributed by atoms with Crippen LogP contribution in [0.1, 0.15) is 77.6 Å². The van der Waals surface area contributed by atoms with Crippen molar-refractivity contribution in [1.29, 1.82) is 0 Å². The molecule has 2 saturated carbocycles. The molecule has 0 unspecified atom stereocenters. The standard InChI is InChI=1S/C18H29F5/c1-2-3-13-4-8-15(9-5-13)16-10-6-14(7-11-16)12-17(19,20)18(21,22)23/h13-16H,2-12H2,1H3. The van der Waals surface area contributed by atoms with E-state index in [0.717, 1.165) is 18.8 Å². The van der Waals surface area contributed by atoms with Gasteiger partial charge in [0, 0.05) is 6.42 Å². The molecule has 0 atom stereocenters. The van der Waals surface area contributed by atoms with E-state index in [1.807, 2.05) is 0 Å². The van der Waals surface area contributed by atoms with Gasteiger partial charge in [-0.1, -0.05) is 32.6 Å². The zero-order chi connectivity index (χ0) is 17.1. The highest BCUT2D eigenvalue weighted by Gasteiger charge is 2.57. The average Bonchev–Trinajstić information content (AvgIpc) is 2.48. The summed E-state index contributed by atoms with van der Waals surface area (Å²) in [6.45, 7) is 2.21. The summed E-state index contributed by atoms with van der Waals surface area (Å²) in [6, 6.07) is 0. The monoisotopic (exact) mass is 340 g/mol. The second-order valence-corrected chi connectivity index (χ2v) is 7.76. The number of hydrogen-bond donors (Lipinski definition) is 0. The Morgan fingerprint density at radius 1 is 0.696 bits per heavy atom. The van der Waals surface area contributed by atoms with Crippen molar-refractivity contribution in [3.8, 4) is 0 Å². The van der Waals surface area contributed by atoms with E-state index < -0.39 is 24.4 Å². The van der Waals surface area contributed by atoms with Crippen molar-refractivity contribution in [3.05, 3.63) is 0 Å². The van der Waals surface area contributed by atoms with Crippen LogP contribution in [-0.4, -0.2) is 12.1 Å². The Morgan fingerprint density at radius 3 is 1.52 bits per heavy atom. The first-order valence-electron chi connectivity index (χ1n) is 9.17. The molecule has 136 valence electrons. The molecule has 2 fully saturated rings. The molecule has 0 N–H and O–H groups in total. The highest BCUT2D eigenvalue weighted by molar-refractivity contribution is 4.85. The molecule has 5 heteroatoms. The van der Waals surface area contributed by atoms with Gasteiger partial charge in [-0.3, -0.25) is 0 Å². The van der Waals surface area contributed by atoms with E-state index in [-0.39, 0.29) is 0 Å². The molecule has 0 nitrogen and oxygen atoms in total. The predicted molar refractivity (Wildman–Crippen MR) is 81.4 cm³/mol. The highest BCUT2D eigenvalue weighted by atomic mass is 19.4. The molecule has 2 aliphatic carbocycles. The number of halogens is 5. The average molecular weight is 340 g/mol. The third kappa shape index (κ3) is 5.06. The van der Waals surface area contributed by atoms with Gasteiger partial charge in [-0.05, 0) is 62.2 Å². The molecule has 0 aliphatic heterocycles. The van der Waals surface area contributed by atoms with E-state index in [1.54, 1.807) is 0 Å². The Kier molecular flexibility index (Phi) is 6.35. The highest BCUT2D eigenvalue weighted by Crippen LogP contribution is 2.46. The van der Waals surface area contributed by atoms with Crippen LogP contribution in [0.3, 0.4) is 0 Å². The van der Waals surface area contributed by atoms with Crippen LogP contribution in [0.2, 0.25) is 0 Å². The van der Waals surface area contributed by atoms with Crippen LogP contribution >= 0.6 is 0 Å². The Balaban J connectivity index is 1.74. The van der Waals surface area contributed by atoms with Crippen LogP contribution < -0.4 is 0 Å². The molecule has 2 rings (SSSR count). The fourth-order valence-electron chi connectivity index (χ4n) is 4.70. The SMILES string of the molecule is CCCC1CCC(C2CCC(CC(F)(F)C(F)(F)F)CC2)CC1. The lowest BCUT2D eigenvalue weighted by Crippen LogP contribution is -2.39. The third-order valence-corrected chi connectivity index (χ3v) is 6.11. The summed E-state index contributed by atoms with van der Waals surface area (Å²) in [5.41, 5.74) is 0. The summed E-state index contributed by atoms with van der Waals surface area (Å²) in [6.07, 6.45) is 3.82. The minimum absolute atomic E-state index is 0.473. The zero-order valence-electron chi connectivity index (χ0n) is 14.0. The van der Waals surface area contributed by atoms with E-state index in [9.17, 15) is 22.0 Å². The largest absolute Gasteiger partial charge is 0.453 e. The first kappa shape index (κ1) is 19.0. The van der Waals surface area contributed by atoms with Gasteiger partial charge in [0.2, 0.25) is 0 Å². The summed E-state index contributed by atoms with van der Waals surface area (Å²) < 4.78 is 63.2. The molecular weight excluding hydrogens is 311 g/mol. The van der Waals surface area contributed by atoms with Crippen LogP contribution in [0.25, 0.3) is 0 Å². The molecular formula is C18H29F5. The summed E-state index contributed by atoms with van der Waals surface area (Å²) in [5, 5.41) is 0. The number of alkyl halides is 5. The van der Waals surface area contributed by atoms with Crippen molar-refractivity contribution in [2.75, 3.05) is 0 Å². The van der Waals surface area contributed by atoms with Gasteiger partial charge in [-0.2, -0.15) is 22.0 Å². The molecule has 23 heavy (non-hydrogen) atoms. The van der Waals surface area contributed by atoms with Crippen molar-refractivity contribution >= 4 is 0 Å². The molecule has 2 aliphatic rings. The maximum absolute atomic E-state index is 13.2. The third-order valence-electron chi connectivity index (χ3n) is 6.11. The summed E-state index contributed by atoms with van der Waals surface area (Å²) in [7, 11) is 0. The molecule has 0 bridgehead atoms. The Hall–Kier alpha value is -0.350. The van der Waals surface area contributed by atoms with Gasteiger partial charge in [0.15, 0.2) is 0 Å². The van der Waals surface area contributed by atoms with E-state index in [2.05, 4.69) is 6.92 Å². The second kappa shape index (κ2) is 7.69. The Morgan fingerprint density at radius 2 is 1.13 bits per heavy atom. The van der Waals surface area contributed by atoms with E-state index in [1.165, 1.54) is 38.5 Å². The molecule has 0 aromatic rings. The maximum Gasteiger partial charge on any atom is 0.453 e. The van der Waals surface area contributed by atoms with Crippen LogP contribution in [0, 0.1) is 23.7 Å². The van der Waals surface area contributed by atoms with Crippen molar-refractivity contribution in [2.45, 2.75) is 89.7 Å². The van der Waals surface area contributed by atoms with Crippen molar-refractivity contribution in [2.24, 2.45) is 23.7 Å². The lowest BCUT2D eigenvalue weighted by molar-refractivity contribution is -0.288. The van der Waals surface area contributed by atoms with E-state index in [0.29, 0.717) is 24.7 Å². The van der Waals surface area contributed by atoms with Gasteiger partial charge in [-0.15, -0.1) is 0 Å². The fraction of sp³-hybridized carbons (Fsp3) is 1.00. The summed E-state index contributed by atoms with van der Waals surface area (Å²) in [4.78, 5) is 0. The van der Waals surface area contributed by atoms with Gasteiger partial charge >= 0.3 is 12.1 Å². The summed E-state index contributed by atoms with van der Waals surface area (Å²) >= 11 is 0. The Labute approximate surface area is 136 Å². The molecule has 0 aromatic heterocycles. The first-order chi connectivity index (χ1) is 10.7. The molecule has 0 radical (unpaired) electrons. The van der Waals surface area contributed by atoms with Crippen molar-refractivity contribution in [3.63, 3.8) is 0 Å². The van der Waals surface area contributed by atoms with E-state index in [4.69, 9.17) is 0 Å². The molecule has 0 spiro atoms. The van der Waals surface area contributed by atoms with Gasteiger partial charge in [0.1, 0.15) is 0 Å². The van der Waals surface area contributed by atoms with Crippen LogP contribution in [0.4, 0.5) is 22.0 Å². The lowest BCUT2D eigenvalue weighted by Gasteiger charge is -2.38. The fourth-order valence-corrected chi connectivity index (χ4v) is 4.70. The minimum atomic E-state index is -5.40. The quantitative estimate of drug-likeness (QED) is 0.473. The van der Waals surface area contributed by atoms with E-state index >= 15 is 0 Å². The number of rotatable bonds is 5. The van der Waals surface area contributed by atoms with Crippen molar-refractivity contribution < 1.29 is 22.0 Å². The topological polar surface area (TPSA) is 0 Å². The second-order valence-electron chi connectivity index (χ2n) is 7.76. The predicted octanol–water partition coefficient (Wildman–Crippen LogP) is 6.99. The van der Waals surface area contributed by atoms with Gasteiger partial charge < -0.3 is 0 Å². The van der Waals surface area contributed by atoms with Crippen LogP contribution in [0.15, 0.2) is 0 Å². The lowest BCUT2D eigenvalue weighted by atomic mass is 9.68. The zero-order valence-corrected chi connectivity index (χ0v) is 14.0. The van der Waals surface area contributed by atoms with Gasteiger partial charge in [0.25, 0.3) is 0 Å². The van der Waals surface area contributed by atoms with Gasteiger partial charge in [-0.25, -0.2) is 0 Å². The van der Waals surface area contributed by atoms with Crippen LogP contribution in [0.5, 0.6) is 0 Å². The van der Waals surface area contributed by atoms with Crippen molar-refractivity contribution in [1.82, 2.24) is 0 Å². The molecule has 0 saturated heterocycles. The molecule has 0 amide bonds. The normalized spacial score (nSPS) is 33.7. The molecule has 0 heterocycles. The summed E-state index contributed by atoms with van der Waals surface area (Å²) in [5.74, 6) is -2.93. The smallest absolute Gasteiger partial charge is 0.196 e. The van der Waals surface area contributed by atoms with Gasteiger partial charge in [0.05, 0.1) is 0 Å². The maximum atomic E-state index is 13.2. The minimum Gasteiger partial charge on any atom is -0.196 e. The molecule has 0 aromatic carbocycles. The van der Waals surface area contributed by atoms with Crippen LogP contribution in [-0.2, 0) is 0 Å². The number of hydrogen-bond acceptors (Lipinski definition) is 0.